The third kappa shape index (κ3) is 2.96. The van der Waals surface area contributed by atoms with E-state index >= 15 is 0 Å². The number of methoxy groups -OCH3 is 1. The highest BCUT2D eigenvalue weighted by molar-refractivity contribution is 5.72. The summed E-state index contributed by atoms with van der Waals surface area (Å²) in [5.41, 5.74) is -0.818. The van der Waals surface area contributed by atoms with Crippen molar-refractivity contribution >= 4 is 11.8 Å². The Balaban J connectivity index is 3.30. The maximum Gasteiger partial charge on any atom is 0.366 e. The number of carbonyl (C=O) groups excluding carboxylic acids is 1. The molecule has 0 unspecified atom stereocenters. The number of halogens is 2. The summed E-state index contributed by atoms with van der Waals surface area (Å²) in [6.07, 6.45) is -3.39. The van der Waals surface area contributed by atoms with Gasteiger partial charge in [-0.3, -0.25) is 4.79 Å². The van der Waals surface area contributed by atoms with Crippen molar-refractivity contribution in [1.29, 1.82) is 0 Å². The van der Waals surface area contributed by atoms with Crippen LogP contribution in [-0.4, -0.2) is 23.0 Å². The first-order chi connectivity index (χ1) is 8.36. The predicted molar refractivity (Wildman–Crippen MR) is 56.3 cm³/mol. The van der Waals surface area contributed by atoms with Crippen molar-refractivity contribution in [2.24, 2.45) is 0 Å². The van der Waals surface area contributed by atoms with E-state index in [1.807, 2.05) is 0 Å². The largest absolute Gasteiger partial charge is 0.469 e. The maximum atomic E-state index is 12.7. The number of nitro groups is 1. The maximum absolute atomic E-state index is 12.7. The molecule has 0 aliphatic rings. The molecule has 0 bridgehead atoms. The average Bonchev–Trinajstić information content (AvgIpc) is 2.29. The Morgan fingerprint density at radius 1 is 1.61 bits per heavy atom. The van der Waals surface area contributed by atoms with Gasteiger partial charge in [0.15, 0.2) is 5.69 Å². The lowest BCUT2D eigenvalue weighted by molar-refractivity contribution is -0.390. The van der Waals surface area contributed by atoms with Gasteiger partial charge in [-0.05, 0) is 22.9 Å². The fourth-order valence-corrected chi connectivity index (χ4v) is 1.39. The van der Waals surface area contributed by atoms with Gasteiger partial charge >= 0.3 is 11.8 Å². The number of hydrogen-bond acceptors (Lipinski definition) is 5. The lowest BCUT2D eigenvalue weighted by atomic mass is 10.1. The lowest BCUT2D eigenvalue weighted by Gasteiger charge is -2.06. The van der Waals surface area contributed by atoms with Crippen LogP contribution in [0.1, 0.15) is 23.2 Å². The van der Waals surface area contributed by atoms with Gasteiger partial charge in [0.1, 0.15) is 6.42 Å². The van der Waals surface area contributed by atoms with Gasteiger partial charge in [0.2, 0.25) is 0 Å². The Kier molecular flexibility index (Phi) is 4.24. The summed E-state index contributed by atoms with van der Waals surface area (Å²) in [4.78, 5) is 24.4. The van der Waals surface area contributed by atoms with E-state index in [9.17, 15) is 23.7 Å². The van der Waals surface area contributed by atoms with Gasteiger partial charge in [-0.15, -0.1) is 0 Å². The van der Waals surface area contributed by atoms with Crippen molar-refractivity contribution in [1.82, 2.24) is 4.98 Å². The number of rotatable bonds is 4. The number of nitrogens with zero attached hydrogens (tertiary/aromatic N) is 2. The molecule has 0 amide bonds. The topological polar surface area (TPSA) is 82.3 Å². The second-order valence-electron chi connectivity index (χ2n) is 3.48. The Labute approximate surface area is 101 Å². The van der Waals surface area contributed by atoms with E-state index in [0.717, 1.165) is 13.2 Å². The van der Waals surface area contributed by atoms with E-state index in [4.69, 9.17) is 0 Å². The van der Waals surface area contributed by atoms with Crippen LogP contribution in [0, 0.1) is 17.0 Å². The molecule has 1 aromatic heterocycles. The number of hydrogen-bond donors (Lipinski definition) is 0. The van der Waals surface area contributed by atoms with E-state index in [2.05, 4.69) is 9.72 Å². The van der Waals surface area contributed by atoms with Crippen LogP contribution in [0.15, 0.2) is 6.07 Å². The van der Waals surface area contributed by atoms with Gasteiger partial charge in [-0.1, -0.05) is 0 Å². The summed E-state index contributed by atoms with van der Waals surface area (Å²) < 4.78 is 29.8. The van der Waals surface area contributed by atoms with Gasteiger partial charge in [0.25, 0.3) is 6.43 Å². The molecule has 0 spiro atoms. The Hall–Kier alpha value is -2.12. The van der Waals surface area contributed by atoms with Crippen molar-refractivity contribution in [3.05, 3.63) is 33.0 Å². The van der Waals surface area contributed by atoms with Crippen LogP contribution in [0.25, 0.3) is 0 Å². The van der Waals surface area contributed by atoms with Crippen LogP contribution < -0.4 is 0 Å². The van der Waals surface area contributed by atoms with E-state index < -0.39 is 35.1 Å². The number of carbonyl (C=O) groups is 1. The minimum Gasteiger partial charge on any atom is -0.469 e. The lowest BCUT2D eigenvalue weighted by Crippen LogP contribution is -2.11. The SMILES string of the molecule is COC(=O)Cc1nc([N+](=O)[O-])c(C)cc1C(F)F. The second kappa shape index (κ2) is 5.48. The van der Waals surface area contributed by atoms with Crippen LogP contribution in [0.2, 0.25) is 0 Å². The average molecular weight is 260 g/mol. The molecule has 0 N–H and O–H groups in total. The first-order valence-electron chi connectivity index (χ1n) is 4.86. The van der Waals surface area contributed by atoms with Gasteiger partial charge < -0.3 is 14.9 Å². The number of aryl methyl sites for hydroxylation is 1. The molecule has 0 aliphatic carbocycles. The smallest absolute Gasteiger partial charge is 0.366 e. The van der Waals surface area contributed by atoms with E-state index in [0.29, 0.717) is 0 Å². The minimum absolute atomic E-state index is 0.0175. The third-order valence-electron chi connectivity index (χ3n) is 2.25. The fourth-order valence-electron chi connectivity index (χ4n) is 1.39. The molecule has 1 rings (SSSR count). The van der Waals surface area contributed by atoms with Crippen molar-refractivity contribution in [2.45, 2.75) is 19.8 Å². The molecule has 8 heteroatoms. The van der Waals surface area contributed by atoms with Crippen molar-refractivity contribution < 1.29 is 23.2 Å². The molecule has 0 saturated heterocycles. The summed E-state index contributed by atoms with van der Waals surface area (Å²) >= 11 is 0. The Morgan fingerprint density at radius 2 is 2.22 bits per heavy atom. The van der Waals surface area contributed by atoms with Gasteiger partial charge in [-0.25, -0.2) is 8.78 Å². The number of esters is 1. The zero-order valence-corrected chi connectivity index (χ0v) is 9.65. The fraction of sp³-hybridized carbons (Fsp3) is 0.400. The van der Waals surface area contributed by atoms with E-state index in [-0.39, 0.29) is 11.3 Å². The zero-order chi connectivity index (χ0) is 13.9. The Morgan fingerprint density at radius 3 is 2.67 bits per heavy atom. The van der Waals surface area contributed by atoms with E-state index in [1.165, 1.54) is 6.92 Å². The first-order valence-corrected chi connectivity index (χ1v) is 4.86. The summed E-state index contributed by atoms with van der Waals surface area (Å²) in [6.45, 7) is 1.30. The number of pyridine rings is 1. The quantitative estimate of drug-likeness (QED) is 0.469. The van der Waals surface area contributed by atoms with Gasteiger partial charge in [-0.2, -0.15) is 0 Å². The molecule has 1 heterocycles. The predicted octanol–water partition coefficient (Wildman–Crippen LogP) is 1.95. The molecule has 0 aromatic carbocycles. The van der Waals surface area contributed by atoms with Crippen LogP contribution in [0.3, 0.4) is 0 Å². The standard InChI is InChI=1S/C10H10F2N2O4/c1-5-3-6(9(11)12)7(4-8(15)18-2)13-10(5)14(16)17/h3,9H,4H2,1-2H3. The highest BCUT2D eigenvalue weighted by atomic mass is 19.3. The molecule has 1 aromatic rings. The first kappa shape index (κ1) is 13.9. The number of aromatic nitrogens is 1. The molecule has 18 heavy (non-hydrogen) atoms. The van der Waals surface area contributed by atoms with Crippen molar-refractivity contribution in [3.63, 3.8) is 0 Å². The normalized spacial score (nSPS) is 10.5. The van der Waals surface area contributed by atoms with Crippen LogP contribution in [-0.2, 0) is 16.0 Å². The molecule has 0 saturated carbocycles. The minimum atomic E-state index is -2.86. The molecular formula is C10H10F2N2O4. The molecule has 0 radical (unpaired) electrons. The van der Waals surface area contributed by atoms with Crippen molar-refractivity contribution in [3.8, 4) is 0 Å². The molecule has 0 aliphatic heterocycles. The van der Waals surface area contributed by atoms with Crippen molar-refractivity contribution in [2.75, 3.05) is 7.11 Å². The molecule has 98 valence electrons. The number of alkyl halides is 2. The van der Waals surface area contributed by atoms with Gasteiger partial charge in [0.05, 0.1) is 12.7 Å². The summed E-state index contributed by atoms with van der Waals surface area (Å²) in [6, 6.07) is 0.966. The van der Waals surface area contributed by atoms with Crippen LogP contribution in [0.4, 0.5) is 14.6 Å². The molecule has 0 atom stereocenters. The summed E-state index contributed by atoms with van der Waals surface area (Å²) in [7, 11) is 1.09. The number of ether oxygens (including phenoxy) is 1. The zero-order valence-electron chi connectivity index (χ0n) is 9.65. The van der Waals surface area contributed by atoms with Crippen LogP contribution >= 0.6 is 0 Å². The molecular weight excluding hydrogens is 250 g/mol. The highest BCUT2D eigenvalue weighted by Gasteiger charge is 2.26. The molecule has 6 nitrogen and oxygen atoms in total. The monoisotopic (exact) mass is 260 g/mol. The summed E-state index contributed by atoms with van der Waals surface area (Å²) in [5.74, 6) is -1.33. The highest BCUT2D eigenvalue weighted by Crippen LogP contribution is 2.27. The Bertz CT molecular complexity index is 491. The van der Waals surface area contributed by atoms with Gasteiger partial charge in [0, 0.05) is 5.56 Å². The van der Waals surface area contributed by atoms with E-state index in [1.54, 1.807) is 0 Å². The molecule has 0 fully saturated rings. The van der Waals surface area contributed by atoms with Crippen LogP contribution in [0.5, 0.6) is 0 Å². The summed E-state index contributed by atoms with van der Waals surface area (Å²) in [5, 5.41) is 10.6. The second-order valence-corrected chi connectivity index (χ2v) is 3.48. The third-order valence-corrected chi connectivity index (χ3v) is 2.25.